The van der Waals surface area contributed by atoms with Gasteiger partial charge in [-0.15, -0.1) is 0 Å². The van der Waals surface area contributed by atoms with Gasteiger partial charge in [0.15, 0.2) is 0 Å². The minimum atomic E-state index is -0.766. The van der Waals surface area contributed by atoms with Crippen molar-refractivity contribution in [1.82, 2.24) is 0 Å². The molecule has 0 spiro atoms. The first kappa shape index (κ1) is 11.2. The molecule has 0 saturated heterocycles. The fraction of sp³-hybridized carbons (Fsp3) is 0.700. The lowest BCUT2D eigenvalue weighted by atomic mass is 9.97. The Kier molecular flexibility index (Phi) is 5.43. The average Bonchev–Trinajstić information content (AvgIpc) is 2.04. The first-order chi connectivity index (χ1) is 5.63. The molecular weight excluding hydrogens is 152 g/mol. The summed E-state index contributed by atoms with van der Waals surface area (Å²) in [5.41, 5.74) is 0.569. The van der Waals surface area contributed by atoms with Crippen molar-refractivity contribution in [3.8, 4) is 0 Å². The second kappa shape index (κ2) is 5.81. The number of carbonyl (C=O) groups is 1. The minimum Gasteiger partial charge on any atom is -0.478 e. The highest BCUT2D eigenvalue weighted by Gasteiger charge is 2.12. The summed E-state index contributed by atoms with van der Waals surface area (Å²) < 4.78 is 0. The molecule has 0 aromatic rings. The van der Waals surface area contributed by atoms with Crippen LogP contribution in [0.3, 0.4) is 0 Å². The molecule has 0 heterocycles. The van der Waals surface area contributed by atoms with Gasteiger partial charge in [0.1, 0.15) is 0 Å². The van der Waals surface area contributed by atoms with Crippen molar-refractivity contribution in [3.05, 3.63) is 11.6 Å². The van der Waals surface area contributed by atoms with Crippen molar-refractivity contribution in [2.75, 3.05) is 0 Å². The van der Waals surface area contributed by atoms with Gasteiger partial charge in [0, 0.05) is 5.57 Å². The summed E-state index contributed by atoms with van der Waals surface area (Å²) in [6.45, 7) is 6.01. The van der Waals surface area contributed by atoms with E-state index in [1.807, 2.05) is 26.8 Å². The number of rotatable bonds is 5. The molecule has 0 radical (unpaired) electrons. The van der Waals surface area contributed by atoms with Gasteiger partial charge in [0.2, 0.25) is 0 Å². The number of allylic oxidation sites excluding steroid dienone is 1. The maximum atomic E-state index is 10.7. The fourth-order valence-electron chi connectivity index (χ4n) is 1.02. The van der Waals surface area contributed by atoms with E-state index < -0.39 is 5.97 Å². The number of aliphatic carboxylic acids is 1. The summed E-state index contributed by atoms with van der Waals surface area (Å²) in [5, 5.41) is 8.83. The SMILES string of the molecule is CCC/C=C(/C(=O)O)C(C)CC. The number of carboxylic acid groups (broad SMARTS) is 1. The Hall–Kier alpha value is -0.790. The van der Waals surface area contributed by atoms with Crippen LogP contribution in [0.5, 0.6) is 0 Å². The average molecular weight is 170 g/mol. The van der Waals surface area contributed by atoms with Crippen LogP contribution < -0.4 is 0 Å². The largest absolute Gasteiger partial charge is 0.478 e. The topological polar surface area (TPSA) is 37.3 Å². The van der Waals surface area contributed by atoms with Crippen LogP contribution in [0.2, 0.25) is 0 Å². The van der Waals surface area contributed by atoms with E-state index in [1.54, 1.807) is 0 Å². The van der Waals surface area contributed by atoms with Crippen LogP contribution in [0.4, 0.5) is 0 Å². The lowest BCUT2D eigenvalue weighted by molar-refractivity contribution is -0.133. The number of hydrogen-bond donors (Lipinski definition) is 1. The molecule has 1 atom stereocenters. The van der Waals surface area contributed by atoms with Crippen molar-refractivity contribution in [3.63, 3.8) is 0 Å². The molecule has 0 bridgehead atoms. The first-order valence-electron chi connectivity index (χ1n) is 4.56. The van der Waals surface area contributed by atoms with E-state index in [4.69, 9.17) is 5.11 Å². The zero-order chi connectivity index (χ0) is 9.56. The van der Waals surface area contributed by atoms with E-state index in [0.717, 1.165) is 19.3 Å². The van der Waals surface area contributed by atoms with Crippen molar-refractivity contribution < 1.29 is 9.90 Å². The van der Waals surface area contributed by atoms with E-state index in [-0.39, 0.29) is 5.92 Å². The Morgan fingerprint density at radius 2 is 2.08 bits per heavy atom. The maximum Gasteiger partial charge on any atom is 0.331 e. The second-order valence-electron chi connectivity index (χ2n) is 3.06. The summed E-state index contributed by atoms with van der Waals surface area (Å²) in [5.74, 6) is -0.591. The van der Waals surface area contributed by atoms with Crippen LogP contribution in [0.1, 0.15) is 40.0 Å². The summed E-state index contributed by atoms with van der Waals surface area (Å²) in [6.07, 6.45) is 4.61. The number of unbranched alkanes of at least 4 members (excludes halogenated alkanes) is 1. The Morgan fingerprint density at radius 3 is 2.42 bits per heavy atom. The second-order valence-corrected chi connectivity index (χ2v) is 3.06. The van der Waals surface area contributed by atoms with Gasteiger partial charge in [-0.25, -0.2) is 4.79 Å². The first-order valence-corrected chi connectivity index (χ1v) is 4.56. The molecule has 1 N–H and O–H groups in total. The molecule has 0 saturated carbocycles. The number of hydrogen-bond acceptors (Lipinski definition) is 1. The van der Waals surface area contributed by atoms with Crippen molar-refractivity contribution in [2.24, 2.45) is 5.92 Å². The van der Waals surface area contributed by atoms with Crippen molar-refractivity contribution in [2.45, 2.75) is 40.0 Å². The van der Waals surface area contributed by atoms with Crippen LogP contribution >= 0.6 is 0 Å². The monoisotopic (exact) mass is 170 g/mol. The Balaban J connectivity index is 4.32. The molecule has 0 aliphatic carbocycles. The molecule has 2 nitrogen and oxygen atoms in total. The van der Waals surface area contributed by atoms with Gasteiger partial charge in [0.05, 0.1) is 0 Å². The summed E-state index contributed by atoms with van der Waals surface area (Å²) in [4.78, 5) is 10.7. The Bertz CT molecular complexity index is 171. The minimum absolute atomic E-state index is 0.175. The third-order valence-electron chi connectivity index (χ3n) is 2.04. The molecule has 0 fully saturated rings. The zero-order valence-electron chi connectivity index (χ0n) is 8.13. The lowest BCUT2D eigenvalue weighted by Crippen LogP contribution is -2.08. The molecule has 2 heteroatoms. The summed E-state index contributed by atoms with van der Waals surface area (Å²) in [7, 11) is 0. The highest BCUT2D eigenvalue weighted by Crippen LogP contribution is 2.15. The molecular formula is C10H18O2. The molecule has 0 rings (SSSR count). The van der Waals surface area contributed by atoms with E-state index in [2.05, 4.69) is 0 Å². The van der Waals surface area contributed by atoms with Crippen molar-refractivity contribution >= 4 is 5.97 Å². The van der Waals surface area contributed by atoms with Gasteiger partial charge < -0.3 is 5.11 Å². The van der Waals surface area contributed by atoms with E-state index in [0.29, 0.717) is 5.57 Å². The molecule has 12 heavy (non-hydrogen) atoms. The van der Waals surface area contributed by atoms with Gasteiger partial charge in [-0.2, -0.15) is 0 Å². The molecule has 0 amide bonds. The van der Waals surface area contributed by atoms with E-state index >= 15 is 0 Å². The fourth-order valence-corrected chi connectivity index (χ4v) is 1.02. The van der Waals surface area contributed by atoms with Gasteiger partial charge in [-0.3, -0.25) is 0 Å². The smallest absolute Gasteiger partial charge is 0.331 e. The predicted octanol–water partition coefficient (Wildman–Crippen LogP) is 2.84. The van der Waals surface area contributed by atoms with E-state index in [9.17, 15) is 4.79 Å². The third-order valence-corrected chi connectivity index (χ3v) is 2.04. The lowest BCUT2D eigenvalue weighted by Gasteiger charge is -2.08. The molecule has 0 aliphatic heterocycles. The quantitative estimate of drug-likeness (QED) is 0.644. The molecule has 0 aromatic heterocycles. The van der Waals surface area contributed by atoms with Crippen LogP contribution in [0.15, 0.2) is 11.6 Å². The van der Waals surface area contributed by atoms with E-state index in [1.165, 1.54) is 0 Å². The molecule has 1 unspecified atom stereocenters. The molecule has 0 aromatic carbocycles. The van der Waals surface area contributed by atoms with Gasteiger partial charge >= 0.3 is 5.97 Å². The Morgan fingerprint density at radius 1 is 1.50 bits per heavy atom. The van der Waals surface area contributed by atoms with Crippen molar-refractivity contribution in [1.29, 1.82) is 0 Å². The van der Waals surface area contributed by atoms with Gasteiger partial charge in [-0.1, -0.05) is 33.3 Å². The van der Waals surface area contributed by atoms with Gasteiger partial charge in [0.25, 0.3) is 0 Å². The molecule has 0 aliphatic rings. The highest BCUT2D eigenvalue weighted by atomic mass is 16.4. The standard InChI is InChI=1S/C10H18O2/c1-4-6-7-9(10(11)12)8(3)5-2/h7-8H,4-6H2,1-3H3,(H,11,12)/b9-7+. The Labute approximate surface area is 74.3 Å². The van der Waals surface area contributed by atoms with Crippen LogP contribution in [-0.4, -0.2) is 11.1 Å². The molecule has 70 valence electrons. The van der Waals surface area contributed by atoms with Gasteiger partial charge in [-0.05, 0) is 18.8 Å². The number of carboxylic acids is 1. The zero-order valence-corrected chi connectivity index (χ0v) is 8.13. The highest BCUT2D eigenvalue weighted by molar-refractivity contribution is 5.87. The third kappa shape index (κ3) is 3.56. The van der Waals surface area contributed by atoms with Crippen LogP contribution in [0.25, 0.3) is 0 Å². The summed E-state index contributed by atoms with van der Waals surface area (Å²) in [6, 6.07) is 0. The summed E-state index contributed by atoms with van der Waals surface area (Å²) >= 11 is 0. The normalized spacial score (nSPS) is 14.4. The maximum absolute atomic E-state index is 10.7. The predicted molar refractivity (Wildman–Crippen MR) is 50.1 cm³/mol. The van der Waals surface area contributed by atoms with Crippen LogP contribution in [0, 0.1) is 5.92 Å². The van der Waals surface area contributed by atoms with Crippen LogP contribution in [-0.2, 0) is 4.79 Å².